The Balaban J connectivity index is 2.02. The molecule has 5 heteroatoms. The van der Waals surface area contributed by atoms with Crippen LogP contribution in [0.5, 0.6) is 5.75 Å². The zero-order valence-electron chi connectivity index (χ0n) is 13.2. The predicted octanol–water partition coefficient (Wildman–Crippen LogP) is 3.07. The quantitative estimate of drug-likeness (QED) is 0.861. The van der Waals surface area contributed by atoms with Crippen molar-refractivity contribution in [3.05, 3.63) is 65.3 Å². The Morgan fingerprint density at radius 3 is 2.79 bits per heavy atom. The van der Waals surface area contributed by atoms with Crippen molar-refractivity contribution in [3.8, 4) is 11.8 Å². The van der Waals surface area contributed by atoms with E-state index in [4.69, 9.17) is 15.2 Å². The molecule has 0 radical (unpaired) electrons. The molecule has 0 saturated heterocycles. The minimum Gasteiger partial charge on any atom is -0.490 e. The van der Waals surface area contributed by atoms with Crippen LogP contribution in [-0.2, 0) is 9.53 Å². The highest BCUT2D eigenvalue weighted by molar-refractivity contribution is 5.99. The number of hydrogen-bond acceptors (Lipinski definition) is 5. The third kappa shape index (κ3) is 2.79. The molecule has 24 heavy (non-hydrogen) atoms. The fourth-order valence-corrected chi connectivity index (χ4v) is 3.10. The van der Waals surface area contributed by atoms with Crippen LogP contribution in [0.3, 0.4) is 0 Å². The lowest BCUT2D eigenvalue weighted by Crippen LogP contribution is -2.27. The molecular weight excluding hydrogens is 304 g/mol. The fourth-order valence-electron chi connectivity index (χ4n) is 3.10. The van der Waals surface area contributed by atoms with Crippen LogP contribution >= 0.6 is 0 Å². The van der Waals surface area contributed by atoms with E-state index >= 15 is 0 Å². The van der Waals surface area contributed by atoms with Gasteiger partial charge >= 0.3 is 0 Å². The molecule has 5 nitrogen and oxygen atoms in total. The molecule has 0 aromatic heterocycles. The maximum absolute atomic E-state index is 12.4. The second kappa shape index (κ2) is 6.63. The number of nitrogens with two attached hydrogens (primary N) is 1. The molecule has 0 bridgehead atoms. The Morgan fingerprint density at radius 1 is 1.38 bits per heavy atom. The number of hydrogen-bond donors (Lipinski definition) is 1. The molecular formula is C19H18N2O3. The van der Waals surface area contributed by atoms with Gasteiger partial charge in [0.05, 0.1) is 5.92 Å². The third-order valence-electron chi connectivity index (χ3n) is 4.19. The summed E-state index contributed by atoms with van der Waals surface area (Å²) in [5, 5.41) is 9.50. The molecule has 2 aliphatic rings. The van der Waals surface area contributed by atoms with E-state index in [1.807, 2.05) is 24.3 Å². The smallest absolute Gasteiger partial charge is 0.205 e. The van der Waals surface area contributed by atoms with Crippen LogP contribution in [0, 0.1) is 11.3 Å². The highest BCUT2D eigenvalue weighted by atomic mass is 16.5. The van der Waals surface area contributed by atoms with E-state index in [0.29, 0.717) is 36.5 Å². The van der Waals surface area contributed by atoms with Crippen LogP contribution in [-0.4, -0.2) is 12.4 Å². The normalized spacial score (nSPS) is 20.1. The highest BCUT2D eigenvalue weighted by Crippen LogP contribution is 2.43. The summed E-state index contributed by atoms with van der Waals surface area (Å²) in [4.78, 5) is 12.4. The number of rotatable bonds is 4. The molecule has 1 aliphatic heterocycles. The van der Waals surface area contributed by atoms with Crippen LogP contribution in [0.1, 0.15) is 30.7 Å². The zero-order chi connectivity index (χ0) is 17.1. The molecule has 3 rings (SSSR count). The lowest BCUT2D eigenvalue weighted by atomic mass is 9.77. The van der Waals surface area contributed by atoms with Gasteiger partial charge in [-0.25, -0.2) is 0 Å². The summed E-state index contributed by atoms with van der Waals surface area (Å²) < 4.78 is 11.0. The van der Waals surface area contributed by atoms with Crippen LogP contribution in [0.15, 0.2) is 59.7 Å². The van der Waals surface area contributed by atoms with Gasteiger partial charge in [0.1, 0.15) is 29.8 Å². The second-order valence-corrected chi connectivity index (χ2v) is 5.71. The molecule has 1 aromatic rings. The van der Waals surface area contributed by atoms with Crippen LogP contribution in [0.4, 0.5) is 0 Å². The fraction of sp³-hybridized carbons (Fsp3) is 0.263. The molecule has 1 aromatic carbocycles. The summed E-state index contributed by atoms with van der Waals surface area (Å²) >= 11 is 0. The molecule has 0 saturated carbocycles. The van der Waals surface area contributed by atoms with E-state index in [1.54, 1.807) is 6.08 Å². The van der Waals surface area contributed by atoms with Crippen molar-refractivity contribution >= 4 is 5.78 Å². The van der Waals surface area contributed by atoms with E-state index in [1.165, 1.54) is 0 Å². The van der Waals surface area contributed by atoms with Gasteiger partial charge < -0.3 is 15.2 Å². The largest absolute Gasteiger partial charge is 0.490 e. The first-order valence-electron chi connectivity index (χ1n) is 7.83. The summed E-state index contributed by atoms with van der Waals surface area (Å²) in [5.41, 5.74) is 7.59. The van der Waals surface area contributed by atoms with Crippen molar-refractivity contribution < 1.29 is 14.3 Å². The average Bonchev–Trinajstić information content (AvgIpc) is 2.59. The Kier molecular flexibility index (Phi) is 4.39. The average molecular weight is 322 g/mol. The molecule has 0 amide bonds. The lowest BCUT2D eigenvalue weighted by Gasteiger charge is -2.31. The van der Waals surface area contributed by atoms with Crippen LogP contribution in [0.25, 0.3) is 0 Å². The maximum atomic E-state index is 12.4. The van der Waals surface area contributed by atoms with Crippen molar-refractivity contribution in [2.75, 3.05) is 6.61 Å². The molecule has 122 valence electrons. The highest BCUT2D eigenvalue weighted by Gasteiger charge is 2.37. The van der Waals surface area contributed by atoms with Gasteiger partial charge in [-0.05, 0) is 24.1 Å². The van der Waals surface area contributed by atoms with Gasteiger partial charge in [-0.2, -0.15) is 5.26 Å². The number of carbonyl (C=O) groups is 1. The van der Waals surface area contributed by atoms with Crippen molar-refractivity contribution in [1.29, 1.82) is 5.26 Å². The van der Waals surface area contributed by atoms with Crippen molar-refractivity contribution in [2.24, 2.45) is 5.73 Å². The van der Waals surface area contributed by atoms with E-state index in [-0.39, 0.29) is 17.2 Å². The number of ketones is 1. The first-order valence-corrected chi connectivity index (χ1v) is 7.83. The maximum Gasteiger partial charge on any atom is 0.205 e. The first-order chi connectivity index (χ1) is 11.7. The van der Waals surface area contributed by atoms with E-state index in [9.17, 15) is 10.1 Å². The number of carbonyl (C=O) groups excluding carboxylic acids is 1. The molecule has 1 aliphatic carbocycles. The summed E-state index contributed by atoms with van der Waals surface area (Å²) in [7, 11) is 0. The summed E-state index contributed by atoms with van der Waals surface area (Å²) in [6.07, 6.45) is 3.55. The van der Waals surface area contributed by atoms with Crippen molar-refractivity contribution in [2.45, 2.75) is 25.2 Å². The van der Waals surface area contributed by atoms with Crippen molar-refractivity contribution in [1.82, 2.24) is 0 Å². The Morgan fingerprint density at radius 2 is 2.12 bits per heavy atom. The van der Waals surface area contributed by atoms with Gasteiger partial charge in [-0.15, -0.1) is 0 Å². The molecule has 1 atom stereocenters. The lowest BCUT2D eigenvalue weighted by molar-refractivity contribution is -0.116. The summed E-state index contributed by atoms with van der Waals surface area (Å²) in [6.45, 7) is 4.03. The van der Waals surface area contributed by atoms with Gasteiger partial charge in [0.2, 0.25) is 5.88 Å². The Labute approximate surface area is 140 Å². The second-order valence-electron chi connectivity index (χ2n) is 5.71. The van der Waals surface area contributed by atoms with Gasteiger partial charge in [-0.1, -0.05) is 24.8 Å². The molecule has 0 fully saturated rings. The van der Waals surface area contributed by atoms with E-state index in [0.717, 1.165) is 12.0 Å². The molecule has 0 spiro atoms. The monoisotopic (exact) mass is 322 g/mol. The SMILES string of the molecule is C=CCOc1ccc(C2C(C#N)=C(N)OC3=C2C(=O)CCC3)cc1. The molecule has 2 N–H and O–H groups in total. The Hall–Kier alpha value is -3.00. The Bertz CT molecular complexity index is 782. The van der Waals surface area contributed by atoms with Gasteiger partial charge in [0.25, 0.3) is 0 Å². The van der Waals surface area contributed by atoms with Gasteiger partial charge in [0, 0.05) is 18.4 Å². The number of benzene rings is 1. The number of nitriles is 1. The van der Waals surface area contributed by atoms with Gasteiger partial charge in [-0.3, -0.25) is 4.79 Å². The number of ether oxygens (including phenoxy) is 2. The minimum absolute atomic E-state index is 0.0217. The van der Waals surface area contributed by atoms with Gasteiger partial charge in [0.15, 0.2) is 5.78 Å². The first kappa shape index (κ1) is 15.9. The standard InChI is InChI=1S/C19H18N2O3/c1-2-10-23-13-8-6-12(7-9-13)17-14(11-20)19(21)24-16-5-3-4-15(22)18(16)17/h2,6-9,17H,1,3-5,10,21H2. The number of nitrogens with zero attached hydrogens (tertiary/aromatic N) is 1. The summed E-state index contributed by atoms with van der Waals surface area (Å²) in [6, 6.07) is 9.43. The zero-order valence-corrected chi connectivity index (χ0v) is 13.2. The van der Waals surface area contributed by atoms with Crippen LogP contribution in [0.2, 0.25) is 0 Å². The molecule has 1 heterocycles. The molecule has 1 unspecified atom stereocenters. The summed E-state index contributed by atoms with van der Waals surface area (Å²) in [5.74, 6) is 0.932. The number of Topliss-reactive ketones (excluding diaryl/α,β-unsaturated/α-hetero) is 1. The number of allylic oxidation sites excluding steroid dienone is 3. The minimum atomic E-state index is -0.472. The van der Waals surface area contributed by atoms with Crippen molar-refractivity contribution in [3.63, 3.8) is 0 Å². The third-order valence-corrected chi connectivity index (χ3v) is 4.19. The van der Waals surface area contributed by atoms with E-state index in [2.05, 4.69) is 12.6 Å². The van der Waals surface area contributed by atoms with Crippen LogP contribution < -0.4 is 10.5 Å². The predicted molar refractivity (Wildman–Crippen MR) is 88.7 cm³/mol. The van der Waals surface area contributed by atoms with E-state index < -0.39 is 5.92 Å². The topological polar surface area (TPSA) is 85.3 Å².